The number of aromatic nitrogens is 2. The third-order valence-corrected chi connectivity index (χ3v) is 3.55. The van der Waals surface area contributed by atoms with Gasteiger partial charge in [0, 0.05) is 13.5 Å². The minimum Gasteiger partial charge on any atom is -0.377 e. The third-order valence-electron chi connectivity index (χ3n) is 3.55. The molecule has 1 N–H and O–H groups in total. The van der Waals surface area contributed by atoms with Crippen LogP contribution in [0.4, 0.5) is 0 Å². The highest BCUT2D eigenvalue weighted by atomic mass is 16.5. The van der Waals surface area contributed by atoms with Crippen molar-refractivity contribution >= 4 is 5.91 Å². The van der Waals surface area contributed by atoms with E-state index >= 15 is 0 Å². The lowest BCUT2D eigenvalue weighted by Crippen LogP contribution is -2.43. The summed E-state index contributed by atoms with van der Waals surface area (Å²) in [6.45, 7) is 9.38. The second-order valence-corrected chi connectivity index (χ2v) is 4.62. The molecule has 1 amide bonds. The lowest BCUT2D eigenvalue weighted by Gasteiger charge is -2.34. The monoisotopic (exact) mass is 250 g/mol. The largest absolute Gasteiger partial charge is 0.377 e. The van der Waals surface area contributed by atoms with Gasteiger partial charge in [0.15, 0.2) is 7.05 Å². The van der Waals surface area contributed by atoms with E-state index in [0.717, 1.165) is 17.0 Å². The van der Waals surface area contributed by atoms with Crippen molar-refractivity contribution in [2.45, 2.75) is 19.9 Å². The first-order valence-corrected chi connectivity index (χ1v) is 6.12. The van der Waals surface area contributed by atoms with E-state index in [1.807, 2.05) is 30.5 Å². The maximum absolute atomic E-state index is 11.9. The number of ether oxygens (including phenoxy) is 1. The molecule has 18 heavy (non-hydrogen) atoms. The van der Waals surface area contributed by atoms with Crippen LogP contribution in [0.5, 0.6) is 0 Å². The van der Waals surface area contributed by atoms with E-state index in [0.29, 0.717) is 19.8 Å². The Morgan fingerprint density at radius 3 is 2.89 bits per heavy atom. The Bertz CT molecular complexity index is 479. The van der Waals surface area contributed by atoms with Gasteiger partial charge in [0.1, 0.15) is 0 Å². The van der Waals surface area contributed by atoms with Crippen molar-refractivity contribution in [3.05, 3.63) is 29.6 Å². The first-order chi connectivity index (χ1) is 8.56. The molecule has 1 aromatic rings. The van der Waals surface area contributed by atoms with Crippen molar-refractivity contribution in [1.29, 1.82) is 0 Å². The average molecular weight is 250 g/mol. The van der Waals surface area contributed by atoms with Gasteiger partial charge in [-0.2, -0.15) is 5.10 Å². The van der Waals surface area contributed by atoms with Gasteiger partial charge in [-0.1, -0.05) is 6.58 Å². The summed E-state index contributed by atoms with van der Waals surface area (Å²) >= 11 is 0. The van der Waals surface area contributed by atoms with E-state index in [4.69, 9.17) is 4.74 Å². The molecule has 1 aliphatic rings. The van der Waals surface area contributed by atoms with Gasteiger partial charge >= 0.3 is 0 Å². The highest BCUT2D eigenvalue weighted by molar-refractivity contribution is 5.87. The molecule has 5 heteroatoms. The van der Waals surface area contributed by atoms with Crippen molar-refractivity contribution in [1.82, 2.24) is 10.00 Å². The van der Waals surface area contributed by atoms with Crippen LogP contribution in [0.2, 0.25) is 0 Å². The number of nitrogens with one attached hydrogen (secondary N) is 1. The lowest BCUT2D eigenvalue weighted by molar-refractivity contribution is -0.732. The highest BCUT2D eigenvalue weighted by Crippen LogP contribution is 2.27. The number of rotatable bonds is 2. The molecule has 0 aliphatic carbocycles. The summed E-state index contributed by atoms with van der Waals surface area (Å²) in [5.41, 5.74) is 3.35. The van der Waals surface area contributed by atoms with Crippen LogP contribution in [0.15, 0.2) is 12.7 Å². The summed E-state index contributed by atoms with van der Waals surface area (Å²) in [6, 6.07) is -0.0262. The molecule has 1 fully saturated rings. The van der Waals surface area contributed by atoms with Gasteiger partial charge < -0.3 is 9.64 Å². The molecular weight excluding hydrogens is 230 g/mol. The van der Waals surface area contributed by atoms with Crippen LogP contribution in [-0.4, -0.2) is 35.7 Å². The van der Waals surface area contributed by atoms with E-state index in [2.05, 4.69) is 11.7 Å². The Labute approximate surface area is 107 Å². The average Bonchev–Trinajstić information content (AvgIpc) is 2.62. The normalized spacial score (nSPS) is 19.9. The fraction of sp³-hybridized carbons (Fsp3) is 0.538. The van der Waals surface area contributed by atoms with Gasteiger partial charge in [-0.25, -0.2) is 0 Å². The van der Waals surface area contributed by atoms with Crippen molar-refractivity contribution in [2.75, 3.05) is 19.8 Å². The molecule has 1 saturated heterocycles. The second kappa shape index (κ2) is 4.94. The van der Waals surface area contributed by atoms with Crippen molar-refractivity contribution in [3.63, 3.8) is 0 Å². The van der Waals surface area contributed by atoms with E-state index in [-0.39, 0.29) is 11.9 Å². The molecule has 2 rings (SSSR count). The number of aromatic amines is 1. The fourth-order valence-electron chi connectivity index (χ4n) is 2.56. The molecule has 0 bridgehead atoms. The molecule has 1 aromatic heterocycles. The first-order valence-electron chi connectivity index (χ1n) is 6.12. The second-order valence-electron chi connectivity index (χ2n) is 4.62. The van der Waals surface area contributed by atoms with E-state index in [9.17, 15) is 4.79 Å². The van der Waals surface area contributed by atoms with Crippen LogP contribution in [0.1, 0.15) is 23.0 Å². The summed E-state index contributed by atoms with van der Waals surface area (Å²) in [7, 11) is 1.97. The molecule has 2 heterocycles. The fourth-order valence-corrected chi connectivity index (χ4v) is 2.56. The van der Waals surface area contributed by atoms with E-state index < -0.39 is 0 Å². The Hall–Kier alpha value is -1.62. The zero-order valence-electron chi connectivity index (χ0n) is 11.2. The molecule has 1 atom stereocenters. The molecular formula is C13H20N3O2+. The smallest absolute Gasteiger partial charge is 0.246 e. The summed E-state index contributed by atoms with van der Waals surface area (Å²) in [4.78, 5) is 13.7. The first kappa shape index (κ1) is 12.8. The van der Waals surface area contributed by atoms with Gasteiger partial charge in [0.25, 0.3) is 0 Å². The standard InChI is InChI=1S/C13H19N3O2/c1-5-12(17)16-6-7-18-8-11(16)13-9(2)14-15(4)10(13)3/h5,11H,1,6-8H2,2-4H3/p+1/t11-/m0/s1. The van der Waals surface area contributed by atoms with Crippen LogP contribution in [-0.2, 0) is 16.6 Å². The third kappa shape index (κ3) is 2.06. The lowest BCUT2D eigenvalue weighted by atomic mass is 10.0. The Morgan fingerprint density at radius 2 is 2.33 bits per heavy atom. The predicted molar refractivity (Wildman–Crippen MR) is 66.9 cm³/mol. The number of hydrogen-bond acceptors (Lipinski definition) is 2. The van der Waals surface area contributed by atoms with Crippen LogP contribution < -0.4 is 4.68 Å². The molecule has 0 spiro atoms. The van der Waals surface area contributed by atoms with E-state index in [1.54, 1.807) is 0 Å². The minimum atomic E-state index is -0.0362. The Balaban J connectivity index is 2.39. The molecule has 0 radical (unpaired) electrons. The molecule has 98 valence electrons. The molecule has 0 aromatic carbocycles. The van der Waals surface area contributed by atoms with Gasteiger partial charge in [-0.15, -0.1) is 4.68 Å². The van der Waals surface area contributed by atoms with Crippen molar-refractivity contribution in [2.24, 2.45) is 7.05 Å². The number of morpholine rings is 1. The van der Waals surface area contributed by atoms with Crippen LogP contribution in [0, 0.1) is 13.8 Å². The maximum atomic E-state index is 11.9. The van der Waals surface area contributed by atoms with Gasteiger partial charge in [-0.05, 0) is 13.0 Å². The molecule has 5 nitrogen and oxygen atoms in total. The number of H-pyrrole nitrogens is 1. The van der Waals surface area contributed by atoms with Gasteiger partial charge in [0.2, 0.25) is 11.6 Å². The number of hydrogen-bond donors (Lipinski definition) is 1. The van der Waals surface area contributed by atoms with Gasteiger partial charge in [0.05, 0.1) is 30.5 Å². The number of aryl methyl sites for hydroxylation is 2. The minimum absolute atomic E-state index is 0.0262. The Kier molecular flexibility index (Phi) is 3.52. The number of nitrogens with zero attached hydrogens (tertiary/aromatic N) is 2. The van der Waals surface area contributed by atoms with Crippen LogP contribution >= 0.6 is 0 Å². The summed E-state index contributed by atoms with van der Waals surface area (Å²) < 4.78 is 7.50. The molecule has 1 aliphatic heterocycles. The number of carbonyl (C=O) groups excluding carboxylic acids is 1. The quantitative estimate of drug-likeness (QED) is 0.615. The summed E-state index contributed by atoms with van der Waals surface area (Å²) in [6.07, 6.45) is 1.37. The Morgan fingerprint density at radius 1 is 1.61 bits per heavy atom. The zero-order valence-corrected chi connectivity index (χ0v) is 11.2. The van der Waals surface area contributed by atoms with Crippen molar-refractivity contribution < 1.29 is 14.2 Å². The van der Waals surface area contributed by atoms with E-state index in [1.165, 1.54) is 6.08 Å². The van der Waals surface area contributed by atoms with Crippen LogP contribution in [0.25, 0.3) is 0 Å². The number of carbonyl (C=O) groups is 1. The van der Waals surface area contributed by atoms with Crippen molar-refractivity contribution in [3.8, 4) is 0 Å². The highest BCUT2D eigenvalue weighted by Gasteiger charge is 2.33. The van der Waals surface area contributed by atoms with Gasteiger partial charge in [-0.3, -0.25) is 4.79 Å². The number of amides is 1. The van der Waals surface area contributed by atoms with Crippen LogP contribution in [0.3, 0.4) is 0 Å². The maximum Gasteiger partial charge on any atom is 0.246 e. The molecule has 0 saturated carbocycles. The summed E-state index contributed by atoms with van der Waals surface area (Å²) in [5.74, 6) is -0.0362. The predicted octanol–water partition coefficient (Wildman–Crippen LogP) is 0.542. The molecule has 0 unspecified atom stereocenters. The topological polar surface area (TPSA) is 49.2 Å². The SMILES string of the molecule is C=CC(=O)N1CCOC[C@H]1c1c(C)[nH][n+](C)c1C. The summed E-state index contributed by atoms with van der Waals surface area (Å²) in [5, 5.41) is 3.25. The zero-order chi connectivity index (χ0) is 13.3.